The van der Waals surface area contributed by atoms with E-state index in [1.165, 1.54) is 5.56 Å². The molecule has 0 atom stereocenters. The number of ether oxygens (including phenoxy) is 2. The molecule has 0 saturated carbocycles. The van der Waals surface area contributed by atoms with Crippen LogP contribution in [0.4, 0.5) is 4.79 Å². The van der Waals surface area contributed by atoms with Gasteiger partial charge in [-0.05, 0) is 43.3 Å². The predicted octanol–water partition coefficient (Wildman–Crippen LogP) is 4.17. The fraction of sp³-hybridized carbons (Fsp3) is 0.227. The highest BCUT2D eigenvalue weighted by atomic mass is 32.2. The van der Waals surface area contributed by atoms with Crippen molar-refractivity contribution in [2.24, 2.45) is 0 Å². The zero-order valence-electron chi connectivity index (χ0n) is 16.2. The number of hydrogen-bond acceptors (Lipinski definition) is 6. The first-order valence-electron chi connectivity index (χ1n) is 9.16. The number of rotatable bonds is 7. The summed E-state index contributed by atoms with van der Waals surface area (Å²) in [5, 5.41) is -0.493. The molecule has 1 aliphatic heterocycles. The number of aryl methyl sites for hydroxylation is 1. The van der Waals surface area contributed by atoms with Gasteiger partial charge >= 0.3 is 5.97 Å². The standard InChI is InChI=1S/C22H21NO5S/c1-3-27-20(24)13-23-21(25)19(29-22(23)26)12-17-6-4-5-7-18(17)28-14-16-10-8-15(2)9-11-16/h4-12H,3,13-14H2,1-2H3/b19-12+. The third kappa shape index (κ3) is 5.26. The molecule has 2 aromatic rings. The predicted molar refractivity (Wildman–Crippen MR) is 111 cm³/mol. The molecule has 0 aliphatic carbocycles. The van der Waals surface area contributed by atoms with Crippen molar-refractivity contribution in [1.82, 2.24) is 4.90 Å². The van der Waals surface area contributed by atoms with Crippen molar-refractivity contribution in [1.29, 1.82) is 0 Å². The van der Waals surface area contributed by atoms with E-state index in [1.54, 1.807) is 13.0 Å². The van der Waals surface area contributed by atoms with E-state index in [-0.39, 0.29) is 18.1 Å². The van der Waals surface area contributed by atoms with Crippen molar-refractivity contribution < 1.29 is 23.9 Å². The second-order valence-corrected chi connectivity index (χ2v) is 7.38. The summed E-state index contributed by atoms with van der Waals surface area (Å²) in [6.45, 7) is 3.88. The summed E-state index contributed by atoms with van der Waals surface area (Å²) in [5.74, 6) is -0.524. The van der Waals surface area contributed by atoms with E-state index in [1.807, 2.05) is 55.5 Å². The van der Waals surface area contributed by atoms with Crippen LogP contribution in [0.5, 0.6) is 5.75 Å². The lowest BCUT2D eigenvalue weighted by molar-refractivity contribution is -0.145. The van der Waals surface area contributed by atoms with Gasteiger partial charge in [0.1, 0.15) is 18.9 Å². The smallest absolute Gasteiger partial charge is 0.326 e. The van der Waals surface area contributed by atoms with Crippen molar-refractivity contribution in [3.8, 4) is 5.75 Å². The molecular weight excluding hydrogens is 390 g/mol. The van der Waals surface area contributed by atoms with Gasteiger partial charge in [0.25, 0.3) is 11.1 Å². The Hall–Kier alpha value is -3.06. The van der Waals surface area contributed by atoms with Crippen molar-refractivity contribution >= 4 is 35.0 Å². The Morgan fingerprint density at radius 2 is 1.83 bits per heavy atom. The van der Waals surface area contributed by atoms with E-state index in [2.05, 4.69) is 0 Å². The van der Waals surface area contributed by atoms with Crippen LogP contribution in [0.1, 0.15) is 23.6 Å². The number of para-hydroxylation sites is 1. The van der Waals surface area contributed by atoms with E-state index in [0.717, 1.165) is 22.2 Å². The second-order valence-electron chi connectivity index (χ2n) is 6.38. The summed E-state index contributed by atoms with van der Waals surface area (Å²) in [7, 11) is 0. The summed E-state index contributed by atoms with van der Waals surface area (Å²) in [6, 6.07) is 15.3. The van der Waals surface area contributed by atoms with Crippen molar-refractivity contribution in [3.05, 3.63) is 70.1 Å². The molecule has 1 heterocycles. The van der Waals surface area contributed by atoms with Gasteiger partial charge in [0.05, 0.1) is 11.5 Å². The normalized spacial score (nSPS) is 15.1. The Kier molecular flexibility index (Phi) is 6.72. The molecule has 0 aromatic heterocycles. The first kappa shape index (κ1) is 20.7. The first-order valence-corrected chi connectivity index (χ1v) is 9.98. The zero-order valence-corrected chi connectivity index (χ0v) is 17.0. The minimum absolute atomic E-state index is 0.191. The maximum atomic E-state index is 12.5. The van der Waals surface area contributed by atoms with Crippen LogP contribution in [0.2, 0.25) is 0 Å². The summed E-state index contributed by atoms with van der Waals surface area (Å²) >= 11 is 0.797. The Balaban J connectivity index is 1.74. The molecule has 0 radical (unpaired) electrons. The molecule has 2 aromatic carbocycles. The number of benzene rings is 2. The number of amides is 2. The molecule has 0 bridgehead atoms. The van der Waals surface area contributed by atoms with Crippen LogP contribution in [0.15, 0.2) is 53.4 Å². The van der Waals surface area contributed by atoms with Crippen LogP contribution in [-0.2, 0) is 20.9 Å². The largest absolute Gasteiger partial charge is 0.488 e. The maximum Gasteiger partial charge on any atom is 0.326 e. The van der Waals surface area contributed by atoms with E-state index in [0.29, 0.717) is 17.9 Å². The maximum absolute atomic E-state index is 12.5. The average molecular weight is 411 g/mol. The quantitative estimate of drug-likeness (QED) is 0.503. The lowest BCUT2D eigenvalue weighted by Gasteiger charge is -2.11. The number of carbonyl (C=O) groups is 3. The molecule has 1 fully saturated rings. The summed E-state index contributed by atoms with van der Waals surface area (Å²) in [5.41, 5.74) is 2.88. The highest BCUT2D eigenvalue weighted by molar-refractivity contribution is 8.18. The Bertz CT molecular complexity index is 952. The average Bonchev–Trinajstić information content (AvgIpc) is 2.96. The molecule has 1 aliphatic rings. The summed E-state index contributed by atoms with van der Waals surface area (Å²) in [6.07, 6.45) is 1.61. The fourth-order valence-electron chi connectivity index (χ4n) is 2.69. The SMILES string of the molecule is CCOC(=O)CN1C(=O)S/C(=C/c2ccccc2OCc2ccc(C)cc2)C1=O. The van der Waals surface area contributed by atoms with Crippen LogP contribution >= 0.6 is 11.8 Å². The highest BCUT2D eigenvalue weighted by Gasteiger charge is 2.36. The van der Waals surface area contributed by atoms with Crippen molar-refractivity contribution in [3.63, 3.8) is 0 Å². The van der Waals surface area contributed by atoms with E-state index in [9.17, 15) is 14.4 Å². The third-order valence-electron chi connectivity index (χ3n) is 4.19. The third-order valence-corrected chi connectivity index (χ3v) is 5.09. The molecule has 6 nitrogen and oxygen atoms in total. The molecule has 29 heavy (non-hydrogen) atoms. The zero-order chi connectivity index (χ0) is 20.8. The lowest BCUT2D eigenvalue weighted by atomic mass is 10.1. The van der Waals surface area contributed by atoms with E-state index in [4.69, 9.17) is 9.47 Å². The molecule has 0 spiro atoms. The number of nitrogens with zero attached hydrogens (tertiary/aromatic N) is 1. The number of carbonyl (C=O) groups excluding carboxylic acids is 3. The Morgan fingerprint density at radius 3 is 2.55 bits per heavy atom. The van der Waals surface area contributed by atoms with Crippen LogP contribution in [0.3, 0.4) is 0 Å². The van der Waals surface area contributed by atoms with Gasteiger partial charge in [-0.1, -0.05) is 48.0 Å². The first-order chi connectivity index (χ1) is 14.0. The van der Waals surface area contributed by atoms with E-state index >= 15 is 0 Å². The number of hydrogen-bond donors (Lipinski definition) is 0. The van der Waals surface area contributed by atoms with E-state index < -0.39 is 17.1 Å². The van der Waals surface area contributed by atoms with Gasteiger partial charge in [-0.3, -0.25) is 19.3 Å². The summed E-state index contributed by atoms with van der Waals surface area (Å²) in [4.78, 5) is 37.5. The molecule has 150 valence electrons. The monoisotopic (exact) mass is 411 g/mol. The molecule has 0 unspecified atom stereocenters. The molecule has 3 rings (SSSR count). The minimum Gasteiger partial charge on any atom is -0.488 e. The van der Waals surface area contributed by atoms with Gasteiger partial charge in [0, 0.05) is 5.56 Å². The minimum atomic E-state index is -0.613. The molecule has 1 saturated heterocycles. The molecule has 7 heteroatoms. The number of thioether (sulfide) groups is 1. The fourth-order valence-corrected chi connectivity index (χ4v) is 3.52. The Morgan fingerprint density at radius 1 is 1.10 bits per heavy atom. The molecule has 0 N–H and O–H groups in total. The lowest BCUT2D eigenvalue weighted by Crippen LogP contribution is -2.34. The topological polar surface area (TPSA) is 72.9 Å². The van der Waals surface area contributed by atoms with Gasteiger partial charge in [0.15, 0.2) is 0 Å². The number of imide groups is 1. The van der Waals surface area contributed by atoms with Crippen LogP contribution in [-0.4, -0.2) is 35.2 Å². The highest BCUT2D eigenvalue weighted by Crippen LogP contribution is 2.34. The van der Waals surface area contributed by atoms with Crippen LogP contribution < -0.4 is 4.74 Å². The Labute approximate surface area is 173 Å². The van der Waals surface area contributed by atoms with Crippen LogP contribution in [0, 0.1) is 6.92 Å². The van der Waals surface area contributed by atoms with Gasteiger partial charge in [-0.15, -0.1) is 0 Å². The molecular formula is C22H21NO5S. The second kappa shape index (κ2) is 9.43. The summed E-state index contributed by atoms with van der Waals surface area (Å²) < 4.78 is 10.7. The van der Waals surface area contributed by atoms with Crippen molar-refractivity contribution in [2.45, 2.75) is 20.5 Å². The van der Waals surface area contributed by atoms with Gasteiger partial charge in [-0.2, -0.15) is 0 Å². The van der Waals surface area contributed by atoms with Gasteiger partial charge < -0.3 is 9.47 Å². The van der Waals surface area contributed by atoms with Crippen molar-refractivity contribution in [2.75, 3.05) is 13.2 Å². The van der Waals surface area contributed by atoms with Gasteiger partial charge in [0.2, 0.25) is 0 Å². The number of esters is 1. The van der Waals surface area contributed by atoms with Gasteiger partial charge in [-0.25, -0.2) is 0 Å². The van der Waals surface area contributed by atoms with Crippen LogP contribution in [0.25, 0.3) is 6.08 Å². The molecule has 2 amide bonds.